The molecule has 0 aliphatic rings. The summed E-state index contributed by atoms with van der Waals surface area (Å²) in [5.74, 6) is -2.45. The lowest BCUT2D eigenvalue weighted by atomic mass is 10.2. The summed E-state index contributed by atoms with van der Waals surface area (Å²) in [4.78, 5) is 23.9. The van der Waals surface area contributed by atoms with Crippen LogP contribution in [0.5, 0.6) is 0 Å². The number of halogens is 2. The Labute approximate surface area is 131 Å². The van der Waals surface area contributed by atoms with Gasteiger partial charge in [-0.25, -0.2) is 13.6 Å². The molecule has 0 heterocycles. The number of ether oxygens (including phenoxy) is 1. The molecule has 0 saturated carbocycles. The number of rotatable bonds is 4. The summed E-state index contributed by atoms with van der Waals surface area (Å²) in [6.07, 6.45) is -1.11. The highest BCUT2D eigenvalue weighted by Crippen LogP contribution is 2.16. The number of anilines is 2. The molecule has 5 nitrogen and oxygen atoms in total. The highest BCUT2D eigenvalue weighted by molar-refractivity contribution is 5.99. The summed E-state index contributed by atoms with van der Waals surface area (Å²) in [7, 11) is 0. The zero-order valence-electron chi connectivity index (χ0n) is 12.2. The molecule has 0 bridgehead atoms. The molecule has 7 heteroatoms. The molecular weight excluding hydrogens is 306 g/mol. The standard InChI is InChI=1S/C16H14F2N2O3/c1-9(15(21)20-12-5-2-10(17)3-6-12)23-16(22)13-7-4-11(18)8-14(13)19/h2-9H,19H2,1H3,(H,20,21)/t9-/m1/s1. The van der Waals surface area contributed by atoms with Crippen LogP contribution < -0.4 is 11.1 Å². The predicted octanol–water partition coefficient (Wildman–Crippen LogP) is 2.73. The van der Waals surface area contributed by atoms with Crippen LogP contribution >= 0.6 is 0 Å². The van der Waals surface area contributed by atoms with E-state index in [9.17, 15) is 18.4 Å². The molecule has 0 spiro atoms. The average Bonchev–Trinajstić information content (AvgIpc) is 2.49. The van der Waals surface area contributed by atoms with Crippen LogP contribution in [0.2, 0.25) is 0 Å². The van der Waals surface area contributed by atoms with E-state index < -0.39 is 29.6 Å². The number of nitrogens with two attached hydrogens (primary N) is 1. The molecule has 0 aliphatic heterocycles. The number of hydrogen-bond donors (Lipinski definition) is 2. The van der Waals surface area contributed by atoms with Gasteiger partial charge in [0, 0.05) is 11.4 Å². The van der Waals surface area contributed by atoms with Crippen LogP contribution in [0.4, 0.5) is 20.2 Å². The molecule has 0 radical (unpaired) electrons. The van der Waals surface area contributed by atoms with Gasteiger partial charge in [-0.15, -0.1) is 0 Å². The molecule has 2 aromatic rings. The third-order valence-corrected chi connectivity index (χ3v) is 3.00. The number of carbonyl (C=O) groups excluding carboxylic acids is 2. The van der Waals surface area contributed by atoms with E-state index in [1.54, 1.807) is 0 Å². The molecule has 0 aromatic heterocycles. The molecule has 3 N–H and O–H groups in total. The summed E-state index contributed by atoms with van der Waals surface area (Å²) >= 11 is 0. The van der Waals surface area contributed by atoms with Crippen LogP contribution in [0, 0.1) is 11.6 Å². The number of nitrogen functional groups attached to an aromatic ring is 1. The number of nitrogens with one attached hydrogen (secondary N) is 1. The molecule has 23 heavy (non-hydrogen) atoms. The fourth-order valence-electron chi connectivity index (χ4n) is 1.77. The van der Waals surface area contributed by atoms with Crippen LogP contribution in [-0.2, 0) is 9.53 Å². The second-order valence-corrected chi connectivity index (χ2v) is 4.78. The first-order valence-electron chi connectivity index (χ1n) is 6.69. The van der Waals surface area contributed by atoms with Gasteiger partial charge in [-0.1, -0.05) is 0 Å². The molecule has 2 rings (SSSR count). The van der Waals surface area contributed by atoms with Crippen LogP contribution in [-0.4, -0.2) is 18.0 Å². The van der Waals surface area contributed by atoms with Crippen molar-refractivity contribution in [3.8, 4) is 0 Å². The Morgan fingerprint density at radius 1 is 1.09 bits per heavy atom. The van der Waals surface area contributed by atoms with Crippen molar-refractivity contribution in [2.45, 2.75) is 13.0 Å². The zero-order valence-corrected chi connectivity index (χ0v) is 12.2. The highest BCUT2D eigenvalue weighted by atomic mass is 19.1. The number of benzene rings is 2. The van der Waals surface area contributed by atoms with E-state index in [0.29, 0.717) is 5.69 Å². The number of amides is 1. The van der Waals surface area contributed by atoms with Gasteiger partial charge >= 0.3 is 5.97 Å². The Kier molecular flexibility index (Phi) is 4.90. The summed E-state index contributed by atoms with van der Waals surface area (Å²) in [5.41, 5.74) is 5.78. The normalized spacial score (nSPS) is 11.6. The lowest BCUT2D eigenvalue weighted by Crippen LogP contribution is -2.30. The first-order valence-corrected chi connectivity index (χ1v) is 6.69. The van der Waals surface area contributed by atoms with E-state index in [1.165, 1.54) is 37.3 Å². The second kappa shape index (κ2) is 6.87. The molecular formula is C16H14F2N2O3. The molecule has 0 unspecified atom stereocenters. The van der Waals surface area contributed by atoms with Crippen molar-refractivity contribution in [1.82, 2.24) is 0 Å². The Hall–Kier alpha value is -2.96. The molecule has 2 aromatic carbocycles. The Morgan fingerprint density at radius 2 is 1.70 bits per heavy atom. The van der Waals surface area contributed by atoms with Crippen molar-refractivity contribution in [1.29, 1.82) is 0 Å². The van der Waals surface area contributed by atoms with E-state index in [1.807, 2.05) is 0 Å². The molecule has 0 aliphatic carbocycles. The van der Waals surface area contributed by atoms with Gasteiger partial charge in [0.25, 0.3) is 5.91 Å². The fourth-order valence-corrected chi connectivity index (χ4v) is 1.77. The van der Waals surface area contributed by atoms with Gasteiger partial charge in [-0.3, -0.25) is 4.79 Å². The number of carbonyl (C=O) groups is 2. The third-order valence-electron chi connectivity index (χ3n) is 3.00. The lowest BCUT2D eigenvalue weighted by molar-refractivity contribution is -0.123. The maximum Gasteiger partial charge on any atom is 0.341 e. The van der Waals surface area contributed by atoms with Crippen molar-refractivity contribution in [3.63, 3.8) is 0 Å². The van der Waals surface area contributed by atoms with Gasteiger partial charge in [-0.2, -0.15) is 0 Å². The van der Waals surface area contributed by atoms with Gasteiger partial charge < -0.3 is 15.8 Å². The smallest absolute Gasteiger partial charge is 0.341 e. The van der Waals surface area contributed by atoms with E-state index in [0.717, 1.165) is 12.1 Å². The summed E-state index contributed by atoms with van der Waals surface area (Å²) in [6.45, 7) is 1.37. The third kappa shape index (κ3) is 4.26. The Bertz CT molecular complexity index is 733. The minimum Gasteiger partial charge on any atom is -0.449 e. The average molecular weight is 320 g/mol. The highest BCUT2D eigenvalue weighted by Gasteiger charge is 2.20. The van der Waals surface area contributed by atoms with Gasteiger partial charge in [-0.05, 0) is 49.4 Å². The van der Waals surface area contributed by atoms with Crippen molar-refractivity contribution < 1.29 is 23.1 Å². The van der Waals surface area contributed by atoms with Gasteiger partial charge in [0.2, 0.25) is 0 Å². The van der Waals surface area contributed by atoms with Gasteiger partial charge in [0.1, 0.15) is 11.6 Å². The molecule has 0 saturated heterocycles. The molecule has 1 atom stereocenters. The second-order valence-electron chi connectivity index (χ2n) is 4.78. The summed E-state index contributed by atoms with van der Waals surface area (Å²) in [6, 6.07) is 8.35. The van der Waals surface area contributed by atoms with Crippen LogP contribution in [0.3, 0.4) is 0 Å². The molecule has 120 valence electrons. The van der Waals surface area contributed by atoms with E-state index >= 15 is 0 Å². The van der Waals surface area contributed by atoms with Crippen LogP contribution in [0.25, 0.3) is 0 Å². The maximum absolute atomic E-state index is 12.9. The topological polar surface area (TPSA) is 81.4 Å². The van der Waals surface area contributed by atoms with E-state index in [-0.39, 0.29) is 11.3 Å². The Balaban J connectivity index is 2.00. The van der Waals surface area contributed by atoms with E-state index in [4.69, 9.17) is 10.5 Å². The van der Waals surface area contributed by atoms with Crippen LogP contribution in [0.15, 0.2) is 42.5 Å². The first-order chi connectivity index (χ1) is 10.9. The zero-order chi connectivity index (χ0) is 17.0. The molecule has 1 amide bonds. The fraction of sp³-hybridized carbons (Fsp3) is 0.125. The SMILES string of the molecule is C[C@@H](OC(=O)c1ccc(F)cc1N)C(=O)Nc1ccc(F)cc1. The first kappa shape index (κ1) is 16.4. The van der Waals surface area contributed by atoms with Gasteiger partial charge in [0.15, 0.2) is 6.10 Å². The van der Waals surface area contributed by atoms with Crippen molar-refractivity contribution in [2.24, 2.45) is 0 Å². The summed E-state index contributed by atoms with van der Waals surface area (Å²) < 4.78 is 30.7. The number of hydrogen-bond acceptors (Lipinski definition) is 4. The van der Waals surface area contributed by atoms with Crippen LogP contribution in [0.1, 0.15) is 17.3 Å². The van der Waals surface area contributed by atoms with Crippen molar-refractivity contribution in [3.05, 3.63) is 59.7 Å². The maximum atomic E-state index is 12.9. The number of esters is 1. The van der Waals surface area contributed by atoms with Gasteiger partial charge in [0.05, 0.1) is 5.56 Å². The quantitative estimate of drug-likeness (QED) is 0.670. The molecule has 0 fully saturated rings. The Morgan fingerprint density at radius 3 is 2.30 bits per heavy atom. The minimum absolute atomic E-state index is 0.0344. The van der Waals surface area contributed by atoms with Crippen molar-refractivity contribution in [2.75, 3.05) is 11.1 Å². The monoisotopic (exact) mass is 320 g/mol. The minimum atomic E-state index is -1.11. The van der Waals surface area contributed by atoms with E-state index in [2.05, 4.69) is 5.32 Å². The largest absolute Gasteiger partial charge is 0.449 e. The summed E-state index contributed by atoms with van der Waals surface area (Å²) in [5, 5.41) is 2.48. The lowest BCUT2D eigenvalue weighted by Gasteiger charge is -2.14. The van der Waals surface area contributed by atoms with Crippen molar-refractivity contribution >= 4 is 23.3 Å². The predicted molar refractivity (Wildman–Crippen MR) is 80.7 cm³/mol.